The molecule has 0 heterocycles. The van der Waals surface area contributed by atoms with Crippen LogP contribution < -0.4 is 9.62 Å². The number of nitrogens with zero attached hydrogens (tertiary/aromatic N) is 1. The Morgan fingerprint density at radius 1 is 0.732 bits per heavy atom. The van der Waals surface area contributed by atoms with Gasteiger partial charge in [-0.25, -0.2) is 14.4 Å². The molecule has 0 aromatic heterocycles. The third-order valence-electron chi connectivity index (χ3n) is 5.82. The van der Waals surface area contributed by atoms with Crippen molar-refractivity contribution in [3.8, 4) is 17.2 Å². The molecule has 4 rings (SSSR count). The van der Waals surface area contributed by atoms with Gasteiger partial charge in [0.05, 0.1) is 21.6 Å². The summed E-state index contributed by atoms with van der Waals surface area (Å²) in [6.45, 7) is -0.201. The number of carboxylic acid groups (broad SMARTS) is 2. The van der Waals surface area contributed by atoms with Crippen molar-refractivity contribution in [2.75, 3.05) is 0 Å². The summed E-state index contributed by atoms with van der Waals surface area (Å²) < 4.78 is 5.24. The molecule has 4 aromatic carbocycles. The summed E-state index contributed by atoms with van der Waals surface area (Å²) in [6.07, 6.45) is 0.509. The molecule has 0 aliphatic heterocycles. The fourth-order valence-corrected chi connectivity index (χ4v) is 3.81. The molecule has 0 saturated heterocycles. The van der Waals surface area contributed by atoms with E-state index in [1.165, 1.54) is 30.3 Å². The van der Waals surface area contributed by atoms with Gasteiger partial charge >= 0.3 is 17.9 Å². The number of esters is 1. The molecule has 0 atom stereocenters. The summed E-state index contributed by atoms with van der Waals surface area (Å²) in [5.74, 6) is -3.23. The van der Waals surface area contributed by atoms with Crippen molar-refractivity contribution in [2.45, 2.75) is 13.0 Å². The largest absolute Gasteiger partial charge is 0.508 e. The number of hydrogen-bond donors (Lipinski definition) is 3. The Bertz CT molecular complexity index is 1610. The van der Waals surface area contributed by atoms with Crippen molar-refractivity contribution >= 4 is 23.6 Å². The SMILES string of the molecule is O=C(O)c1ccc(O)cc1COOc1ccc(Cc2ccc(OC(=O)c3cc([N+](=O)[O-])ccc3C(=O)O)cc2)cc1. The average molecular weight is 559 g/mol. The molecule has 12 heteroatoms. The number of rotatable bonds is 11. The van der Waals surface area contributed by atoms with Crippen molar-refractivity contribution in [3.05, 3.63) is 128 Å². The number of benzene rings is 4. The fraction of sp³-hybridized carbons (Fsp3) is 0.0690. The van der Waals surface area contributed by atoms with Gasteiger partial charge in [0, 0.05) is 17.7 Å². The Morgan fingerprint density at radius 3 is 1.90 bits per heavy atom. The lowest BCUT2D eigenvalue weighted by Crippen LogP contribution is -2.14. The van der Waals surface area contributed by atoms with Gasteiger partial charge in [0.25, 0.3) is 5.69 Å². The summed E-state index contributed by atoms with van der Waals surface area (Å²) in [5.41, 5.74) is 0.703. The van der Waals surface area contributed by atoms with Gasteiger partial charge in [-0.15, -0.1) is 0 Å². The van der Waals surface area contributed by atoms with Crippen LogP contribution in [0.5, 0.6) is 17.2 Å². The molecule has 208 valence electrons. The molecule has 0 saturated carbocycles. The first-order valence-electron chi connectivity index (χ1n) is 11.9. The van der Waals surface area contributed by atoms with Crippen molar-refractivity contribution in [2.24, 2.45) is 0 Å². The minimum absolute atomic E-state index is 0.0171. The Labute approximate surface area is 231 Å². The van der Waals surface area contributed by atoms with E-state index in [1.54, 1.807) is 36.4 Å². The Balaban J connectivity index is 1.34. The van der Waals surface area contributed by atoms with E-state index in [1.807, 2.05) is 0 Å². The summed E-state index contributed by atoms with van der Waals surface area (Å²) in [7, 11) is 0. The molecular weight excluding hydrogens is 538 g/mol. The zero-order valence-corrected chi connectivity index (χ0v) is 21.1. The van der Waals surface area contributed by atoms with Gasteiger partial charge in [-0.2, -0.15) is 4.89 Å². The van der Waals surface area contributed by atoms with Crippen LogP contribution in [0.2, 0.25) is 0 Å². The highest BCUT2D eigenvalue weighted by Crippen LogP contribution is 2.23. The minimum atomic E-state index is -1.42. The first-order valence-corrected chi connectivity index (χ1v) is 11.9. The van der Waals surface area contributed by atoms with E-state index < -0.39 is 39.6 Å². The quantitative estimate of drug-likeness (QED) is 0.0737. The van der Waals surface area contributed by atoms with Gasteiger partial charge in [0.1, 0.15) is 18.1 Å². The van der Waals surface area contributed by atoms with Gasteiger partial charge in [0.2, 0.25) is 0 Å². The molecule has 0 aliphatic rings. The number of aromatic carboxylic acids is 2. The first kappa shape index (κ1) is 28.3. The number of nitro benzene ring substituents is 1. The number of phenols is 1. The lowest BCUT2D eigenvalue weighted by Gasteiger charge is -2.09. The summed E-state index contributed by atoms with van der Waals surface area (Å²) in [5, 5.41) is 39.2. The standard InChI is InChI=1S/C29H21NO11/c31-21-6-12-24(27(32)33)19(14-21)16-39-41-23-9-3-18(4-10-23)13-17-1-7-22(8-2-17)40-29(36)26-15-20(30(37)38)5-11-25(26)28(34)35/h1-12,14-15,31H,13,16H2,(H,32,33)(H,34,35). The molecule has 3 N–H and O–H groups in total. The molecule has 0 spiro atoms. The molecule has 0 amide bonds. The van der Waals surface area contributed by atoms with E-state index in [-0.39, 0.29) is 29.2 Å². The van der Waals surface area contributed by atoms with E-state index in [4.69, 9.17) is 14.5 Å². The van der Waals surface area contributed by atoms with Gasteiger partial charge in [-0.3, -0.25) is 10.1 Å². The first-order chi connectivity index (χ1) is 19.6. The molecule has 41 heavy (non-hydrogen) atoms. The van der Waals surface area contributed by atoms with Crippen LogP contribution in [0.1, 0.15) is 47.8 Å². The third kappa shape index (κ3) is 7.22. The molecule has 0 unspecified atom stereocenters. The number of nitro groups is 1. The summed E-state index contributed by atoms with van der Waals surface area (Å²) in [4.78, 5) is 56.0. The molecular formula is C29H21NO11. The maximum absolute atomic E-state index is 12.6. The van der Waals surface area contributed by atoms with Crippen LogP contribution in [0.15, 0.2) is 84.9 Å². The van der Waals surface area contributed by atoms with Crippen LogP contribution in [-0.2, 0) is 17.9 Å². The topological polar surface area (TPSA) is 183 Å². The number of phenolic OH excluding ortho intramolecular Hbond substituents is 1. The third-order valence-corrected chi connectivity index (χ3v) is 5.82. The van der Waals surface area contributed by atoms with Crippen LogP contribution in [0.3, 0.4) is 0 Å². The van der Waals surface area contributed by atoms with Crippen LogP contribution in [0.25, 0.3) is 0 Å². The van der Waals surface area contributed by atoms with Crippen LogP contribution >= 0.6 is 0 Å². The highest BCUT2D eigenvalue weighted by atomic mass is 17.2. The van der Waals surface area contributed by atoms with Crippen LogP contribution in [0, 0.1) is 10.1 Å². The van der Waals surface area contributed by atoms with E-state index in [0.717, 1.165) is 29.3 Å². The fourth-order valence-electron chi connectivity index (χ4n) is 3.81. The summed E-state index contributed by atoms with van der Waals surface area (Å²) >= 11 is 0. The van der Waals surface area contributed by atoms with E-state index in [2.05, 4.69) is 0 Å². The lowest BCUT2D eigenvalue weighted by molar-refractivity contribution is -0.384. The van der Waals surface area contributed by atoms with Crippen LogP contribution in [-0.4, -0.2) is 38.2 Å². The minimum Gasteiger partial charge on any atom is -0.508 e. The molecule has 0 bridgehead atoms. The van der Waals surface area contributed by atoms with E-state index in [9.17, 15) is 39.8 Å². The predicted octanol–water partition coefficient (Wildman–Crippen LogP) is 5.02. The Morgan fingerprint density at radius 2 is 1.32 bits per heavy atom. The second-order valence-corrected chi connectivity index (χ2v) is 8.64. The highest BCUT2D eigenvalue weighted by molar-refractivity contribution is 6.03. The summed E-state index contributed by atoms with van der Waals surface area (Å²) in [6, 6.07) is 20.0. The number of carbonyl (C=O) groups is 3. The number of aromatic hydroxyl groups is 1. The zero-order chi connectivity index (χ0) is 29.5. The predicted molar refractivity (Wildman–Crippen MR) is 141 cm³/mol. The van der Waals surface area contributed by atoms with E-state index >= 15 is 0 Å². The maximum atomic E-state index is 12.6. The number of ether oxygens (including phenoxy) is 1. The molecule has 0 aliphatic carbocycles. The normalized spacial score (nSPS) is 10.5. The van der Waals surface area contributed by atoms with E-state index in [0.29, 0.717) is 12.2 Å². The number of non-ortho nitro benzene ring substituents is 1. The number of carbonyl (C=O) groups excluding carboxylic acids is 1. The smallest absolute Gasteiger partial charge is 0.344 e. The van der Waals surface area contributed by atoms with Gasteiger partial charge in [-0.05, 0) is 66.1 Å². The van der Waals surface area contributed by atoms with Gasteiger partial charge < -0.3 is 24.9 Å². The molecule has 4 aromatic rings. The molecule has 12 nitrogen and oxygen atoms in total. The van der Waals surface area contributed by atoms with Crippen molar-refractivity contribution in [1.82, 2.24) is 0 Å². The zero-order valence-electron chi connectivity index (χ0n) is 21.1. The van der Waals surface area contributed by atoms with Crippen molar-refractivity contribution in [1.29, 1.82) is 0 Å². The second-order valence-electron chi connectivity index (χ2n) is 8.64. The lowest BCUT2D eigenvalue weighted by atomic mass is 10.0. The van der Waals surface area contributed by atoms with Gasteiger partial charge in [-0.1, -0.05) is 24.3 Å². The van der Waals surface area contributed by atoms with Crippen molar-refractivity contribution < 1.29 is 49.1 Å². The van der Waals surface area contributed by atoms with Gasteiger partial charge in [0.15, 0.2) is 5.75 Å². The number of hydrogen-bond acceptors (Lipinski definition) is 9. The second kappa shape index (κ2) is 12.4. The van der Waals surface area contributed by atoms with Crippen LogP contribution in [0.4, 0.5) is 5.69 Å². The Kier molecular flexibility index (Phi) is 8.55. The molecule has 0 radical (unpaired) electrons. The van der Waals surface area contributed by atoms with Crippen molar-refractivity contribution in [3.63, 3.8) is 0 Å². The number of carboxylic acids is 2. The average Bonchev–Trinajstić information content (AvgIpc) is 2.94. The maximum Gasteiger partial charge on any atom is 0.344 e. The monoisotopic (exact) mass is 559 g/mol. The highest BCUT2D eigenvalue weighted by Gasteiger charge is 2.22. The Hall–Kier alpha value is -5.75. The molecule has 0 fully saturated rings.